The van der Waals surface area contributed by atoms with Crippen LogP contribution in [-0.4, -0.2) is 67.1 Å². The molecular formula is C17H21ClN2O4. The zero-order chi connectivity index (χ0) is 16.9. The Labute approximate surface area is 146 Å². The molecule has 24 heavy (non-hydrogen) atoms. The van der Waals surface area contributed by atoms with Crippen molar-refractivity contribution in [3.8, 4) is 5.75 Å². The number of carbonyl (C=O) groups excluding carboxylic acids is 2. The Balaban J connectivity index is 1.43. The van der Waals surface area contributed by atoms with Crippen LogP contribution in [0.4, 0.5) is 0 Å². The second-order valence-corrected chi connectivity index (χ2v) is 6.39. The maximum Gasteiger partial charge on any atom is 0.260 e. The van der Waals surface area contributed by atoms with Crippen LogP contribution in [0.25, 0.3) is 0 Å². The molecule has 7 heteroatoms. The van der Waals surface area contributed by atoms with Gasteiger partial charge in [0, 0.05) is 37.8 Å². The average Bonchev–Trinajstić information content (AvgIpc) is 3.15. The summed E-state index contributed by atoms with van der Waals surface area (Å²) in [5, 5.41) is 0.626. The average molecular weight is 353 g/mol. The second-order valence-electron chi connectivity index (χ2n) is 5.95. The molecule has 0 bridgehead atoms. The first kappa shape index (κ1) is 17.0. The molecule has 2 amide bonds. The van der Waals surface area contributed by atoms with Gasteiger partial charge >= 0.3 is 0 Å². The number of hydrogen-bond acceptors (Lipinski definition) is 4. The van der Waals surface area contributed by atoms with Crippen LogP contribution in [-0.2, 0) is 14.3 Å². The minimum Gasteiger partial charge on any atom is -0.484 e. The van der Waals surface area contributed by atoms with Gasteiger partial charge in [0.05, 0.1) is 0 Å². The maximum absolute atomic E-state index is 12.3. The number of benzene rings is 1. The van der Waals surface area contributed by atoms with Gasteiger partial charge in [-0.15, -0.1) is 0 Å². The third-order valence-electron chi connectivity index (χ3n) is 4.33. The Morgan fingerprint density at radius 3 is 2.42 bits per heavy atom. The number of carbonyl (C=O) groups is 2. The van der Waals surface area contributed by atoms with E-state index in [1.807, 2.05) is 0 Å². The highest BCUT2D eigenvalue weighted by atomic mass is 35.5. The summed E-state index contributed by atoms with van der Waals surface area (Å²) in [7, 11) is 0. The first-order valence-corrected chi connectivity index (χ1v) is 8.58. The number of nitrogens with zero attached hydrogens (tertiary/aromatic N) is 2. The molecule has 6 nitrogen and oxygen atoms in total. The second kappa shape index (κ2) is 7.85. The molecule has 0 aliphatic carbocycles. The van der Waals surface area contributed by atoms with Crippen molar-refractivity contribution in [3.63, 3.8) is 0 Å². The monoisotopic (exact) mass is 352 g/mol. The van der Waals surface area contributed by atoms with Crippen molar-refractivity contribution in [2.24, 2.45) is 0 Å². The third-order valence-corrected chi connectivity index (χ3v) is 4.58. The molecule has 1 unspecified atom stereocenters. The topological polar surface area (TPSA) is 59.1 Å². The SMILES string of the molecule is O=C(COc1ccc(Cl)cc1)N1CCN(C(=O)C2CCCO2)CC1. The largest absolute Gasteiger partial charge is 0.484 e. The van der Waals surface area contributed by atoms with Gasteiger partial charge < -0.3 is 19.3 Å². The molecule has 130 valence electrons. The molecule has 1 aromatic carbocycles. The van der Waals surface area contributed by atoms with Crippen molar-refractivity contribution in [1.82, 2.24) is 9.80 Å². The molecule has 2 aliphatic rings. The molecule has 0 radical (unpaired) electrons. The van der Waals surface area contributed by atoms with Gasteiger partial charge in [-0.25, -0.2) is 0 Å². The van der Waals surface area contributed by atoms with Gasteiger partial charge in [-0.2, -0.15) is 0 Å². The van der Waals surface area contributed by atoms with Crippen LogP contribution in [0.1, 0.15) is 12.8 Å². The Hall–Kier alpha value is -1.79. The molecule has 2 fully saturated rings. The fraction of sp³-hybridized carbons (Fsp3) is 0.529. The summed E-state index contributed by atoms with van der Waals surface area (Å²) in [5.74, 6) is 0.589. The van der Waals surface area contributed by atoms with Gasteiger partial charge in [0.1, 0.15) is 11.9 Å². The fourth-order valence-electron chi connectivity index (χ4n) is 2.92. The van der Waals surface area contributed by atoms with E-state index in [4.69, 9.17) is 21.1 Å². The van der Waals surface area contributed by atoms with Crippen LogP contribution in [0.2, 0.25) is 5.02 Å². The first-order chi connectivity index (χ1) is 11.6. The molecular weight excluding hydrogens is 332 g/mol. The van der Waals surface area contributed by atoms with Crippen LogP contribution in [0.3, 0.4) is 0 Å². The van der Waals surface area contributed by atoms with E-state index in [1.54, 1.807) is 34.1 Å². The quantitative estimate of drug-likeness (QED) is 0.825. The van der Waals surface area contributed by atoms with Gasteiger partial charge in [-0.3, -0.25) is 9.59 Å². The lowest BCUT2D eigenvalue weighted by Crippen LogP contribution is -2.53. The summed E-state index contributed by atoms with van der Waals surface area (Å²) >= 11 is 5.81. The fourth-order valence-corrected chi connectivity index (χ4v) is 3.05. The molecule has 1 atom stereocenters. The van der Waals surface area contributed by atoms with Crippen molar-refractivity contribution in [2.75, 3.05) is 39.4 Å². The van der Waals surface area contributed by atoms with Crippen LogP contribution in [0.5, 0.6) is 5.75 Å². The minimum atomic E-state index is -0.291. The van der Waals surface area contributed by atoms with Crippen molar-refractivity contribution in [2.45, 2.75) is 18.9 Å². The Morgan fingerprint density at radius 1 is 1.12 bits per heavy atom. The number of halogens is 1. The Morgan fingerprint density at radius 2 is 1.79 bits per heavy atom. The van der Waals surface area contributed by atoms with E-state index in [9.17, 15) is 9.59 Å². The van der Waals surface area contributed by atoms with Gasteiger partial charge in [0.2, 0.25) is 0 Å². The summed E-state index contributed by atoms with van der Waals surface area (Å²) in [4.78, 5) is 28.0. The summed E-state index contributed by atoms with van der Waals surface area (Å²) in [6.45, 7) is 2.80. The molecule has 0 spiro atoms. The highest BCUT2D eigenvalue weighted by molar-refractivity contribution is 6.30. The number of amides is 2. The van der Waals surface area contributed by atoms with Crippen LogP contribution in [0, 0.1) is 0 Å². The van der Waals surface area contributed by atoms with Gasteiger partial charge in [-0.05, 0) is 37.1 Å². The molecule has 0 N–H and O–H groups in total. The molecule has 3 rings (SSSR count). The van der Waals surface area contributed by atoms with Gasteiger partial charge in [-0.1, -0.05) is 11.6 Å². The molecule has 0 aromatic heterocycles. The van der Waals surface area contributed by atoms with E-state index >= 15 is 0 Å². The van der Waals surface area contributed by atoms with Crippen LogP contribution in [0.15, 0.2) is 24.3 Å². The van der Waals surface area contributed by atoms with E-state index < -0.39 is 0 Å². The smallest absolute Gasteiger partial charge is 0.260 e. The normalized spacial score (nSPS) is 21.0. The van der Waals surface area contributed by atoms with Crippen molar-refractivity contribution < 1.29 is 19.1 Å². The Kier molecular flexibility index (Phi) is 5.58. The number of ether oxygens (including phenoxy) is 2. The lowest BCUT2D eigenvalue weighted by molar-refractivity contribution is -0.146. The first-order valence-electron chi connectivity index (χ1n) is 8.20. The lowest BCUT2D eigenvalue weighted by Gasteiger charge is -2.35. The van der Waals surface area contributed by atoms with Crippen molar-refractivity contribution in [1.29, 1.82) is 0 Å². The van der Waals surface area contributed by atoms with E-state index in [-0.39, 0.29) is 24.5 Å². The molecule has 1 aromatic rings. The lowest BCUT2D eigenvalue weighted by atomic mass is 10.2. The summed E-state index contributed by atoms with van der Waals surface area (Å²) in [6, 6.07) is 6.90. The van der Waals surface area contributed by atoms with E-state index in [0.717, 1.165) is 12.8 Å². The zero-order valence-electron chi connectivity index (χ0n) is 13.4. The molecule has 2 saturated heterocycles. The molecule has 0 saturated carbocycles. The van der Waals surface area contributed by atoms with Crippen LogP contribution < -0.4 is 4.74 Å². The predicted octanol–water partition coefficient (Wildman–Crippen LogP) is 1.57. The van der Waals surface area contributed by atoms with Crippen LogP contribution >= 0.6 is 11.6 Å². The molecule has 2 heterocycles. The van der Waals surface area contributed by atoms with Crippen molar-refractivity contribution in [3.05, 3.63) is 29.3 Å². The number of piperazine rings is 1. The third kappa shape index (κ3) is 4.19. The predicted molar refractivity (Wildman–Crippen MR) is 89.1 cm³/mol. The highest BCUT2D eigenvalue weighted by Crippen LogP contribution is 2.17. The van der Waals surface area contributed by atoms with E-state index in [1.165, 1.54) is 0 Å². The van der Waals surface area contributed by atoms with Gasteiger partial charge in [0.25, 0.3) is 11.8 Å². The number of hydrogen-bond donors (Lipinski definition) is 0. The summed E-state index contributed by atoms with van der Waals surface area (Å²) in [6.07, 6.45) is 1.45. The summed E-state index contributed by atoms with van der Waals surface area (Å²) in [5.41, 5.74) is 0. The summed E-state index contributed by atoms with van der Waals surface area (Å²) < 4.78 is 10.9. The number of rotatable bonds is 4. The highest BCUT2D eigenvalue weighted by Gasteiger charge is 2.31. The Bertz CT molecular complexity index is 579. The van der Waals surface area contributed by atoms with Crippen molar-refractivity contribution >= 4 is 23.4 Å². The van der Waals surface area contributed by atoms with E-state index in [0.29, 0.717) is 43.6 Å². The standard InChI is InChI=1S/C17H21ClN2O4/c18-13-3-5-14(6-4-13)24-12-16(21)19-7-9-20(10-8-19)17(22)15-2-1-11-23-15/h3-6,15H,1-2,7-12H2. The van der Waals surface area contributed by atoms with E-state index in [2.05, 4.69) is 0 Å². The minimum absolute atomic E-state index is 0.0126. The maximum atomic E-state index is 12.3. The zero-order valence-corrected chi connectivity index (χ0v) is 14.2. The molecule has 2 aliphatic heterocycles. The van der Waals surface area contributed by atoms with Gasteiger partial charge in [0.15, 0.2) is 6.61 Å².